The van der Waals surface area contributed by atoms with Gasteiger partial charge < -0.3 is 9.88 Å². The number of imidazole rings is 1. The van der Waals surface area contributed by atoms with Gasteiger partial charge in [-0.1, -0.05) is 30.3 Å². The Kier molecular flexibility index (Phi) is 3.55. The van der Waals surface area contributed by atoms with Crippen LogP contribution in [-0.2, 0) is 6.54 Å². The van der Waals surface area contributed by atoms with Crippen LogP contribution in [0.5, 0.6) is 0 Å². The lowest BCUT2D eigenvalue weighted by Crippen LogP contribution is -2.13. The average molecular weight is 317 g/mol. The summed E-state index contributed by atoms with van der Waals surface area (Å²) in [5, 5.41) is 3.78. The second kappa shape index (κ2) is 6.00. The van der Waals surface area contributed by atoms with E-state index in [0.717, 1.165) is 11.3 Å². The van der Waals surface area contributed by atoms with Crippen molar-refractivity contribution >= 4 is 16.9 Å². The summed E-state index contributed by atoms with van der Waals surface area (Å²) >= 11 is 0. The van der Waals surface area contributed by atoms with Gasteiger partial charge in [0, 0.05) is 18.9 Å². The van der Waals surface area contributed by atoms with Crippen molar-refractivity contribution in [2.75, 3.05) is 5.32 Å². The summed E-state index contributed by atoms with van der Waals surface area (Å²) in [7, 11) is 0. The molecule has 6 heteroatoms. The van der Waals surface area contributed by atoms with Crippen LogP contribution in [0.2, 0.25) is 0 Å². The third-order valence-electron chi connectivity index (χ3n) is 3.83. The van der Waals surface area contributed by atoms with Crippen molar-refractivity contribution < 1.29 is 0 Å². The molecule has 0 atom stereocenters. The molecule has 4 rings (SSSR count). The number of hydrogen-bond donors (Lipinski definition) is 2. The van der Waals surface area contributed by atoms with E-state index in [9.17, 15) is 4.79 Å². The molecule has 2 heterocycles. The summed E-state index contributed by atoms with van der Waals surface area (Å²) in [6.45, 7) is 0.537. The highest BCUT2D eigenvalue weighted by atomic mass is 16.1. The number of para-hydroxylation sites is 2. The Labute approximate surface area is 137 Å². The number of aromatic nitrogens is 4. The zero-order valence-corrected chi connectivity index (χ0v) is 12.8. The van der Waals surface area contributed by atoms with E-state index in [-0.39, 0.29) is 5.56 Å². The molecule has 0 amide bonds. The molecule has 0 bridgehead atoms. The van der Waals surface area contributed by atoms with Crippen molar-refractivity contribution in [1.82, 2.24) is 19.5 Å². The number of fused-ring (bicyclic) bond motifs is 1. The lowest BCUT2D eigenvalue weighted by atomic mass is 10.1. The molecule has 0 aliphatic heterocycles. The molecule has 0 saturated carbocycles. The lowest BCUT2D eigenvalue weighted by Gasteiger charge is -2.11. The normalized spacial score (nSPS) is 10.8. The molecule has 0 fully saturated rings. The fourth-order valence-corrected chi connectivity index (χ4v) is 2.66. The maximum atomic E-state index is 12.1. The van der Waals surface area contributed by atoms with E-state index in [0.29, 0.717) is 23.4 Å². The molecule has 118 valence electrons. The van der Waals surface area contributed by atoms with Crippen molar-refractivity contribution in [3.05, 3.63) is 83.2 Å². The van der Waals surface area contributed by atoms with Crippen molar-refractivity contribution in [1.29, 1.82) is 0 Å². The second-order valence-corrected chi connectivity index (χ2v) is 5.38. The first-order valence-corrected chi connectivity index (χ1v) is 7.60. The summed E-state index contributed by atoms with van der Waals surface area (Å²) in [5.74, 6) is 0.458. The van der Waals surface area contributed by atoms with Gasteiger partial charge in [-0.2, -0.15) is 0 Å². The number of aromatic amines is 1. The number of rotatable bonds is 4. The fourth-order valence-electron chi connectivity index (χ4n) is 2.66. The van der Waals surface area contributed by atoms with Crippen LogP contribution in [-0.4, -0.2) is 19.5 Å². The van der Waals surface area contributed by atoms with Crippen molar-refractivity contribution in [3.8, 4) is 5.69 Å². The third kappa shape index (κ3) is 2.65. The molecule has 2 aromatic carbocycles. The topological polar surface area (TPSA) is 75.6 Å². The quantitative estimate of drug-likeness (QED) is 0.607. The van der Waals surface area contributed by atoms with Gasteiger partial charge >= 0.3 is 0 Å². The van der Waals surface area contributed by atoms with Crippen LogP contribution in [0.15, 0.2) is 72.0 Å². The molecule has 6 nitrogen and oxygen atoms in total. The number of nitrogens with one attached hydrogen (secondary N) is 2. The monoisotopic (exact) mass is 317 g/mol. The SMILES string of the molecule is O=c1[nH]c(NCc2ccccc2-n2ccnc2)nc2ccccc12. The molecule has 2 aromatic heterocycles. The van der Waals surface area contributed by atoms with E-state index in [1.807, 2.05) is 53.2 Å². The Morgan fingerprint density at radius 1 is 1.08 bits per heavy atom. The van der Waals surface area contributed by atoms with E-state index in [4.69, 9.17) is 0 Å². The summed E-state index contributed by atoms with van der Waals surface area (Å²) in [5.41, 5.74) is 2.63. The first-order valence-electron chi connectivity index (χ1n) is 7.60. The average Bonchev–Trinajstić information content (AvgIpc) is 3.15. The Morgan fingerprint density at radius 2 is 1.92 bits per heavy atom. The maximum absolute atomic E-state index is 12.1. The second-order valence-electron chi connectivity index (χ2n) is 5.38. The molecule has 4 aromatic rings. The minimum Gasteiger partial charge on any atom is -0.352 e. The van der Waals surface area contributed by atoms with Crippen LogP contribution >= 0.6 is 0 Å². The van der Waals surface area contributed by atoms with Crippen molar-refractivity contribution in [2.45, 2.75) is 6.54 Å². The molecule has 2 N–H and O–H groups in total. The number of nitrogens with zero attached hydrogens (tertiary/aromatic N) is 3. The third-order valence-corrected chi connectivity index (χ3v) is 3.83. The van der Waals surface area contributed by atoms with Gasteiger partial charge in [-0.05, 0) is 23.8 Å². The number of hydrogen-bond acceptors (Lipinski definition) is 4. The zero-order chi connectivity index (χ0) is 16.4. The van der Waals surface area contributed by atoms with Gasteiger partial charge in [0.25, 0.3) is 5.56 Å². The largest absolute Gasteiger partial charge is 0.352 e. The highest BCUT2D eigenvalue weighted by Crippen LogP contribution is 2.15. The van der Waals surface area contributed by atoms with Gasteiger partial charge in [-0.15, -0.1) is 0 Å². The molecule has 0 saturated heterocycles. The van der Waals surface area contributed by atoms with E-state index in [1.165, 1.54) is 0 Å². The number of H-pyrrole nitrogens is 1. The summed E-state index contributed by atoms with van der Waals surface area (Å²) < 4.78 is 1.95. The molecule has 0 spiro atoms. The zero-order valence-electron chi connectivity index (χ0n) is 12.8. The molecular formula is C18H15N5O. The van der Waals surface area contributed by atoms with Gasteiger partial charge in [0.15, 0.2) is 0 Å². The first-order chi connectivity index (χ1) is 11.8. The molecule has 0 radical (unpaired) electrons. The van der Waals surface area contributed by atoms with E-state index < -0.39 is 0 Å². The smallest absolute Gasteiger partial charge is 0.260 e. The lowest BCUT2D eigenvalue weighted by molar-refractivity contribution is 0.991. The maximum Gasteiger partial charge on any atom is 0.260 e. The van der Waals surface area contributed by atoms with Crippen molar-refractivity contribution in [3.63, 3.8) is 0 Å². The Balaban J connectivity index is 1.63. The Bertz CT molecular complexity index is 1040. The summed E-state index contributed by atoms with van der Waals surface area (Å²) in [6.07, 6.45) is 5.40. The molecule has 0 unspecified atom stereocenters. The highest BCUT2D eigenvalue weighted by Gasteiger charge is 2.06. The summed E-state index contributed by atoms with van der Waals surface area (Å²) in [6, 6.07) is 15.3. The summed E-state index contributed by atoms with van der Waals surface area (Å²) in [4.78, 5) is 23.4. The van der Waals surface area contributed by atoms with E-state index in [1.54, 1.807) is 18.6 Å². The highest BCUT2D eigenvalue weighted by molar-refractivity contribution is 5.78. The van der Waals surface area contributed by atoms with Crippen LogP contribution < -0.4 is 10.9 Å². The molecular weight excluding hydrogens is 302 g/mol. The number of anilines is 1. The van der Waals surface area contributed by atoms with Crippen LogP contribution in [0.4, 0.5) is 5.95 Å². The van der Waals surface area contributed by atoms with Gasteiger partial charge in [0.2, 0.25) is 5.95 Å². The van der Waals surface area contributed by atoms with Gasteiger partial charge in [-0.3, -0.25) is 9.78 Å². The van der Waals surface area contributed by atoms with Gasteiger partial charge in [0.1, 0.15) is 0 Å². The Morgan fingerprint density at radius 3 is 2.79 bits per heavy atom. The predicted octanol–water partition coefficient (Wildman–Crippen LogP) is 2.72. The minimum absolute atomic E-state index is 0.147. The number of benzene rings is 2. The predicted molar refractivity (Wildman–Crippen MR) is 93.3 cm³/mol. The van der Waals surface area contributed by atoms with Crippen LogP contribution in [0.3, 0.4) is 0 Å². The van der Waals surface area contributed by atoms with Gasteiger partial charge in [-0.25, -0.2) is 9.97 Å². The van der Waals surface area contributed by atoms with Crippen LogP contribution in [0.1, 0.15) is 5.56 Å². The molecule has 0 aliphatic carbocycles. The first kappa shape index (κ1) is 14.2. The Hall–Kier alpha value is -3.41. The minimum atomic E-state index is -0.147. The van der Waals surface area contributed by atoms with Crippen LogP contribution in [0, 0.1) is 0 Å². The van der Waals surface area contributed by atoms with Crippen LogP contribution in [0.25, 0.3) is 16.6 Å². The van der Waals surface area contributed by atoms with E-state index >= 15 is 0 Å². The standard InChI is InChI=1S/C18H15N5O/c24-17-14-6-2-3-7-15(14)21-18(22-17)20-11-13-5-1-4-8-16(13)23-10-9-19-12-23/h1-10,12H,11H2,(H2,20,21,22,24). The fraction of sp³-hybridized carbons (Fsp3) is 0.0556. The van der Waals surface area contributed by atoms with E-state index in [2.05, 4.69) is 20.3 Å². The van der Waals surface area contributed by atoms with Gasteiger partial charge in [0.05, 0.1) is 22.9 Å². The molecule has 24 heavy (non-hydrogen) atoms. The van der Waals surface area contributed by atoms with Crippen molar-refractivity contribution in [2.24, 2.45) is 0 Å². The molecule has 0 aliphatic rings.